The number of hydrogen-bond acceptors (Lipinski definition) is 5. The molecule has 0 radical (unpaired) electrons. The highest BCUT2D eigenvalue weighted by atomic mass is 79.9. The summed E-state index contributed by atoms with van der Waals surface area (Å²) in [6.45, 7) is -0.0643. The van der Waals surface area contributed by atoms with Crippen LogP contribution in [0.1, 0.15) is 16.2 Å². The van der Waals surface area contributed by atoms with Gasteiger partial charge in [-0.15, -0.1) is 10.2 Å². The molecule has 5 nitrogen and oxygen atoms in total. The molecule has 3 rings (SSSR count). The molecular weight excluding hydrogens is 348 g/mol. The van der Waals surface area contributed by atoms with E-state index >= 15 is 0 Å². The maximum absolute atomic E-state index is 11.8. The van der Waals surface area contributed by atoms with Gasteiger partial charge in [0.1, 0.15) is 0 Å². The summed E-state index contributed by atoms with van der Waals surface area (Å²) in [5.74, 6) is 0.189. The first-order valence-corrected chi connectivity index (χ1v) is 7.33. The Bertz CT molecular complexity index is 787. The van der Waals surface area contributed by atoms with Crippen LogP contribution < -0.4 is 0 Å². The van der Waals surface area contributed by atoms with Crippen LogP contribution in [0.4, 0.5) is 0 Å². The fourth-order valence-electron chi connectivity index (χ4n) is 1.84. The monoisotopic (exact) mass is 358 g/mol. The molecule has 0 aliphatic rings. The van der Waals surface area contributed by atoms with E-state index in [2.05, 4.69) is 26.1 Å². The van der Waals surface area contributed by atoms with Gasteiger partial charge in [0.2, 0.25) is 5.89 Å². The Kier molecular flexibility index (Phi) is 4.29. The van der Waals surface area contributed by atoms with Crippen molar-refractivity contribution in [3.8, 4) is 11.5 Å². The minimum absolute atomic E-state index is 0.0643. The van der Waals surface area contributed by atoms with Crippen LogP contribution in [0.25, 0.3) is 11.5 Å². The summed E-state index contributed by atoms with van der Waals surface area (Å²) in [5.41, 5.74) is 1.27. The smallest absolute Gasteiger partial charge is 0.338 e. The second-order valence-corrected chi connectivity index (χ2v) is 5.28. The van der Waals surface area contributed by atoms with Crippen molar-refractivity contribution in [3.63, 3.8) is 0 Å². The first kappa shape index (κ1) is 14.5. The zero-order valence-corrected chi connectivity index (χ0v) is 13.0. The Morgan fingerprint density at radius 1 is 1.05 bits per heavy atom. The maximum atomic E-state index is 11.8. The highest BCUT2D eigenvalue weighted by molar-refractivity contribution is 9.10. The minimum atomic E-state index is -0.429. The molecule has 2 aromatic carbocycles. The van der Waals surface area contributed by atoms with Gasteiger partial charge in [-0.25, -0.2) is 4.79 Å². The summed E-state index contributed by atoms with van der Waals surface area (Å²) in [5, 5.41) is 7.84. The topological polar surface area (TPSA) is 65.2 Å². The van der Waals surface area contributed by atoms with E-state index in [-0.39, 0.29) is 12.5 Å². The number of ether oxygens (including phenoxy) is 1. The number of halogens is 1. The van der Waals surface area contributed by atoms with E-state index in [9.17, 15) is 4.79 Å². The fourth-order valence-corrected chi connectivity index (χ4v) is 2.29. The van der Waals surface area contributed by atoms with E-state index < -0.39 is 5.97 Å². The molecule has 0 saturated carbocycles. The van der Waals surface area contributed by atoms with Crippen LogP contribution in [0.2, 0.25) is 0 Å². The molecule has 0 spiro atoms. The summed E-state index contributed by atoms with van der Waals surface area (Å²) in [7, 11) is 0. The lowest BCUT2D eigenvalue weighted by molar-refractivity contribution is 0.0438. The Balaban J connectivity index is 1.68. The molecule has 0 bridgehead atoms. The molecule has 110 valence electrons. The highest BCUT2D eigenvalue weighted by Crippen LogP contribution is 2.26. The van der Waals surface area contributed by atoms with Crippen LogP contribution in [-0.2, 0) is 11.3 Å². The van der Waals surface area contributed by atoms with Crippen molar-refractivity contribution < 1.29 is 13.9 Å². The van der Waals surface area contributed by atoms with Gasteiger partial charge in [0.05, 0.1) is 11.1 Å². The van der Waals surface area contributed by atoms with Gasteiger partial charge in [-0.1, -0.05) is 30.3 Å². The molecule has 1 aromatic heterocycles. The molecule has 0 aliphatic heterocycles. The summed E-state index contributed by atoms with van der Waals surface area (Å²) in [4.78, 5) is 11.8. The van der Waals surface area contributed by atoms with Crippen molar-refractivity contribution in [2.75, 3.05) is 0 Å². The predicted molar refractivity (Wildman–Crippen MR) is 83.0 cm³/mol. The molecule has 0 amide bonds. The summed E-state index contributed by atoms with van der Waals surface area (Å²) in [6, 6.07) is 16.3. The van der Waals surface area contributed by atoms with Crippen molar-refractivity contribution in [2.24, 2.45) is 0 Å². The molecular formula is C16H11BrN2O3. The van der Waals surface area contributed by atoms with E-state index in [0.29, 0.717) is 11.5 Å². The molecule has 0 N–H and O–H groups in total. The van der Waals surface area contributed by atoms with Crippen molar-refractivity contribution in [1.29, 1.82) is 0 Å². The van der Waals surface area contributed by atoms with Gasteiger partial charge in [0.25, 0.3) is 5.89 Å². The first-order valence-electron chi connectivity index (χ1n) is 6.53. The fraction of sp³-hybridized carbons (Fsp3) is 0.0625. The SMILES string of the molecule is O=C(OCc1nnc(-c2ccccc2Br)o1)c1ccccc1. The van der Waals surface area contributed by atoms with Crippen LogP contribution in [0.5, 0.6) is 0 Å². The Hall–Kier alpha value is -2.47. The van der Waals surface area contributed by atoms with Gasteiger partial charge in [-0.2, -0.15) is 0 Å². The molecule has 3 aromatic rings. The lowest BCUT2D eigenvalue weighted by Crippen LogP contribution is -2.05. The van der Waals surface area contributed by atoms with Crippen molar-refractivity contribution in [2.45, 2.75) is 6.61 Å². The number of nitrogens with zero attached hydrogens (tertiary/aromatic N) is 2. The number of hydrogen-bond donors (Lipinski definition) is 0. The summed E-state index contributed by atoms with van der Waals surface area (Å²) in [6.07, 6.45) is 0. The largest absolute Gasteiger partial charge is 0.452 e. The van der Waals surface area contributed by atoms with Crippen molar-refractivity contribution in [1.82, 2.24) is 10.2 Å². The molecule has 1 heterocycles. The number of rotatable bonds is 4. The summed E-state index contributed by atoms with van der Waals surface area (Å²) < 4.78 is 11.5. The zero-order valence-electron chi connectivity index (χ0n) is 11.4. The second kappa shape index (κ2) is 6.53. The van der Waals surface area contributed by atoms with Gasteiger partial charge in [0, 0.05) is 4.47 Å². The third-order valence-electron chi connectivity index (χ3n) is 2.91. The number of benzene rings is 2. The quantitative estimate of drug-likeness (QED) is 0.662. The normalized spacial score (nSPS) is 10.4. The van der Waals surface area contributed by atoms with Gasteiger partial charge in [-0.05, 0) is 40.2 Å². The maximum Gasteiger partial charge on any atom is 0.338 e. The van der Waals surface area contributed by atoms with E-state index in [1.54, 1.807) is 24.3 Å². The Morgan fingerprint density at radius 3 is 2.55 bits per heavy atom. The van der Waals surface area contributed by atoms with E-state index in [4.69, 9.17) is 9.15 Å². The average Bonchev–Trinajstić information content (AvgIpc) is 3.02. The predicted octanol–water partition coefficient (Wildman–Crippen LogP) is 3.86. The lowest BCUT2D eigenvalue weighted by Gasteiger charge is -2.01. The minimum Gasteiger partial charge on any atom is -0.452 e. The molecule has 0 fully saturated rings. The third kappa shape index (κ3) is 3.23. The third-order valence-corrected chi connectivity index (χ3v) is 3.60. The number of aromatic nitrogens is 2. The molecule has 0 atom stereocenters. The average molecular weight is 359 g/mol. The molecule has 0 unspecified atom stereocenters. The van der Waals surface area contributed by atoms with Crippen LogP contribution >= 0.6 is 15.9 Å². The molecule has 22 heavy (non-hydrogen) atoms. The lowest BCUT2D eigenvalue weighted by atomic mass is 10.2. The van der Waals surface area contributed by atoms with Crippen molar-refractivity contribution >= 4 is 21.9 Å². The zero-order chi connectivity index (χ0) is 15.4. The number of esters is 1. The number of carbonyl (C=O) groups excluding carboxylic acids is 1. The number of carbonyl (C=O) groups is 1. The van der Waals surface area contributed by atoms with Crippen LogP contribution in [-0.4, -0.2) is 16.2 Å². The van der Waals surface area contributed by atoms with Gasteiger partial charge in [0.15, 0.2) is 6.61 Å². The van der Waals surface area contributed by atoms with Crippen molar-refractivity contribution in [3.05, 3.63) is 70.5 Å². The van der Waals surface area contributed by atoms with Gasteiger partial charge < -0.3 is 9.15 Å². The standard InChI is InChI=1S/C16H11BrN2O3/c17-13-9-5-4-8-12(13)15-19-18-14(22-15)10-21-16(20)11-6-2-1-3-7-11/h1-9H,10H2. The van der Waals surface area contributed by atoms with Crippen LogP contribution in [0, 0.1) is 0 Å². The van der Waals surface area contributed by atoms with E-state index in [1.165, 1.54) is 0 Å². The Morgan fingerprint density at radius 2 is 1.77 bits per heavy atom. The molecule has 0 saturated heterocycles. The Labute approximate surface area is 135 Å². The van der Waals surface area contributed by atoms with Gasteiger partial charge >= 0.3 is 5.97 Å². The second-order valence-electron chi connectivity index (χ2n) is 4.42. The highest BCUT2D eigenvalue weighted by Gasteiger charge is 2.13. The first-order chi connectivity index (χ1) is 10.7. The van der Waals surface area contributed by atoms with E-state index in [0.717, 1.165) is 10.0 Å². The van der Waals surface area contributed by atoms with Crippen LogP contribution in [0.15, 0.2) is 63.5 Å². The van der Waals surface area contributed by atoms with Crippen LogP contribution in [0.3, 0.4) is 0 Å². The molecule has 6 heteroatoms. The van der Waals surface area contributed by atoms with Gasteiger partial charge in [-0.3, -0.25) is 0 Å². The summed E-state index contributed by atoms with van der Waals surface area (Å²) >= 11 is 3.42. The molecule has 0 aliphatic carbocycles. The van der Waals surface area contributed by atoms with E-state index in [1.807, 2.05) is 30.3 Å².